The first-order valence-electron chi connectivity index (χ1n) is 7.15. The fraction of sp³-hybridized carbons (Fsp3) is 0.222. The lowest BCUT2D eigenvalue weighted by atomic mass is 10.0. The molecular weight excluding hydrogens is 272 g/mol. The number of benzene rings is 2. The maximum Gasteiger partial charge on any atom is 0.127 e. The summed E-state index contributed by atoms with van der Waals surface area (Å²) in [6, 6.07) is 16.1. The van der Waals surface area contributed by atoms with Gasteiger partial charge >= 0.3 is 0 Å². The van der Waals surface area contributed by atoms with Crippen molar-refractivity contribution >= 4 is 17.9 Å². The van der Waals surface area contributed by atoms with E-state index in [0.29, 0.717) is 5.84 Å². The highest BCUT2D eigenvalue weighted by molar-refractivity contribution is 5.98. The van der Waals surface area contributed by atoms with Crippen LogP contribution in [0.15, 0.2) is 53.5 Å². The van der Waals surface area contributed by atoms with E-state index in [1.807, 2.05) is 69.5 Å². The Kier molecular flexibility index (Phi) is 4.94. The van der Waals surface area contributed by atoms with Crippen LogP contribution < -0.4 is 0 Å². The van der Waals surface area contributed by atoms with Crippen LogP contribution in [0.2, 0.25) is 0 Å². The molecule has 2 rings (SSSR count). The molecule has 1 N–H and O–H groups in total. The molecule has 0 aliphatic carbocycles. The quantitative estimate of drug-likeness (QED) is 0.693. The summed E-state index contributed by atoms with van der Waals surface area (Å²) in [6.07, 6.45) is 1.78. The number of aliphatic imine (C=N–C) groups is 1. The highest BCUT2D eigenvalue weighted by Gasteiger charge is 2.09. The lowest BCUT2D eigenvalue weighted by molar-refractivity contribution is 0.619. The Labute approximate surface area is 132 Å². The van der Waals surface area contributed by atoms with Crippen LogP contribution in [-0.4, -0.2) is 50.2 Å². The van der Waals surface area contributed by atoms with E-state index < -0.39 is 0 Å². The third-order valence-corrected chi connectivity index (χ3v) is 3.23. The van der Waals surface area contributed by atoms with E-state index in [0.717, 1.165) is 22.4 Å². The molecule has 22 heavy (non-hydrogen) atoms. The lowest BCUT2D eigenvalue weighted by Gasteiger charge is -2.15. The normalized spacial score (nSPS) is 10.7. The monoisotopic (exact) mass is 294 g/mol. The van der Waals surface area contributed by atoms with E-state index in [-0.39, 0.29) is 0 Å². The Balaban J connectivity index is 2.52. The molecule has 0 radical (unpaired) electrons. The van der Waals surface area contributed by atoms with Crippen molar-refractivity contribution in [3.63, 3.8) is 0 Å². The second-order valence-corrected chi connectivity index (χ2v) is 5.55. The highest BCUT2D eigenvalue weighted by Crippen LogP contribution is 2.31. The Hall–Kier alpha value is -2.62. The first kappa shape index (κ1) is 15.8. The molecule has 0 spiro atoms. The van der Waals surface area contributed by atoms with Crippen molar-refractivity contribution < 1.29 is 0 Å². The number of amidine groups is 1. The molecule has 2 aromatic carbocycles. The van der Waals surface area contributed by atoms with Crippen molar-refractivity contribution in [1.82, 2.24) is 9.80 Å². The van der Waals surface area contributed by atoms with Crippen LogP contribution in [0.25, 0.3) is 11.1 Å². The van der Waals surface area contributed by atoms with Crippen LogP contribution >= 0.6 is 0 Å². The largest absolute Gasteiger partial charge is 0.369 e. The van der Waals surface area contributed by atoms with Gasteiger partial charge in [0.25, 0.3) is 0 Å². The Morgan fingerprint density at radius 2 is 1.68 bits per heavy atom. The Morgan fingerprint density at radius 1 is 1.00 bits per heavy atom. The predicted molar refractivity (Wildman–Crippen MR) is 94.2 cm³/mol. The van der Waals surface area contributed by atoms with Crippen LogP contribution in [0.4, 0.5) is 5.69 Å². The number of rotatable bonds is 4. The lowest BCUT2D eigenvalue weighted by Crippen LogP contribution is -2.21. The average molecular weight is 294 g/mol. The number of hydrogen-bond donors (Lipinski definition) is 1. The topological polar surface area (TPSA) is 42.7 Å². The summed E-state index contributed by atoms with van der Waals surface area (Å²) in [6.45, 7) is 0. The second kappa shape index (κ2) is 6.89. The van der Waals surface area contributed by atoms with Crippen LogP contribution in [0.1, 0.15) is 5.56 Å². The van der Waals surface area contributed by atoms with Crippen molar-refractivity contribution in [2.45, 2.75) is 0 Å². The van der Waals surface area contributed by atoms with E-state index in [4.69, 9.17) is 5.41 Å². The van der Waals surface area contributed by atoms with Gasteiger partial charge in [-0.1, -0.05) is 42.5 Å². The molecule has 0 saturated heterocycles. The molecular formula is C18H22N4. The van der Waals surface area contributed by atoms with Gasteiger partial charge in [-0.25, -0.2) is 4.99 Å². The summed E-state index contributed by atoms with van der Waals surface area (Å²) < 4.78 is 0. The molecule has 0 aliphatic heterocycles. The SMILES string of the molecule is CN(C)C=Nc1cc(C(=N)N(C)C)ccc1-c1ccccc1. The Bertz CT molecular complexity index is 673. The number of hydrogen-bond acceptors (Lipinski definition) is 2. The average Bonchev–Trinajstić information content (AvgIpc) is 2.52. The maximum atomic E-state index is 8.14. The fourth-order valence-corrected chi connectivity index (χ4v) is 2.08. The molecule has 0 heterocycles. The Morgan fingerprint density at radius 3 is 2.27 bits per heavy atom. The summed E-state index contributed by atoms with van der Waals surface area (Å²) >= 11 is 0. The van der Waals surface area contributed by atoms with Gasteiger partial charge in [-0.3, -0.25) is 5.41 Å². The summed E-state index contributed by atoms with van der Waals surface area (Å²) in [5, 5.41) is 8.14. The second-order valence-electron chi connectivity index (χ2n) is 5.55. The minimum atomic E-state index is 0.473. The van der Waals surface area contributed by atoms with Gasteiger partial charge in [0.15, 0.2) is 0 Å². The summed E-state index contributed by atoms with van der Waals surface area (Å²) in [4.78, 5) is 8.26. The molecule has 0 atom stereocenters. The van der Waals surface area contributed by atoms with Gasteiger partial charge in [0.2, 0.25) is 0 Å². The van der Waals surface area contributed by atoms with Crippen molar-refractivity contribution in [3.05, 3.63) is 54.1 Å². The summed E-state index contributed by atoms with van der Waals surface area (Å²) in [5.74, 6) is 0.473. The summed E-state index contributed by atoms with van der Waals surface area (Å²) in [7, 11) is 7.63. The molecule has 0 aliphatic rings. The molecule has 4 heteroatoms. The maximum absolute atomic E-state index is 8.14. The molecule has 0 saturated carbocycles. The van der Waals surface area contributed by atoms with Gasteiger partial charge in [-0.2, -0.15) is 0 Å². The minimum absolute atomic E-state index is 0.473. The van der Waals surface area contributed by atoms with E-state index in [9.17, 15) is 0 Å². The molecule has 2 aromatic rings. The van der Waals surface area contributed by atoms with Crippen LogP contribution in [0.3, 0.4) is 0 Å². The van der Waals surface area contributed by atoms with E-state index in [2.05, 4.69) is 17.1 Å². The smallest absolute Gasteiger partial charge is 0.127 e. The molecule has 0 aromatic heterocycles. The van der Waals surface area contributed by atoms with Crippen molar-refractivity contribution in [2.75, 3.05) is 28.2 Å². The standard InChI is InChI=1S/C18H22N4/c1-21(2)13-20-17-12-15(18(19)22(3)4)10-11-16(17)14-8-6-5-7-9-14/h5-13,19H,1-4H3. The fourth-order valence-electron chi connectivity index (χ4n) is 2.08. The van der Waals surface area contributed by atoms with Crippen molar-refractivity contribution in [1.29, 1.82) is 5.41 Å². The van der Waals surface area contributed by atoms with Crippen LogP contribution in [0.5, 0.6) is 0 Å². The zero-order valence-corrected chi connectivity index (χ0v) is 13.5. The van der Waals surface area contributed by atoms with Gasteiger partial charge in [0.1, 0.15) is 5.84 Å². The zero-order chi connectivity index (χ0) is 16.1. The molecule has 0 fully saturated rings. The van der Waals surface area contributed by atoms with Crippen molar-refractivity contribution in [2.24, 2.45) is 4.99 Å². The molecule has 114 valence electrons. The van der Waals surface area contributed by atoms with Gasteiger partial charge in [0.05, 0.1) is 12.0 Å². The van der Waals surface area contributed by atoms with Crippen LogP contribution in [-0.2, 0) is 0 Å². The third-order valence-electron chi connectivity index (χ3n) is 3.23. The van der Waals surface area contributed by atoms with Crippen molar-refractivity contribution in [3.8, 4) is 11.1 Å². The first-order chi connectivity index (χ1) is 10.5. The van der Waals surface area contributed by atoms with Gasteiger partial charge in [0, 0.05) is 39.3 Å². The molecule has 0 amide bonds. The predicted octanol–water partition coefficient (Wildman–Crippen LogP) is 3.46. The molecule has 0 bridgehead atoms. The van der Waals surface area contributed by atoms with Crippen LogP contribution in [0, 0.1) is 5.41 Å². The van der Waals surface area contributed by atoms with E-state index >= 15 is 0 Å². The highest BCUT2D eigenvalue weighted by atomic mass is 15.1. The third kappa shape index (κ3) is 3.73. The van der Waals surface area contributed by atoms with Gasteiger partial charge in [-0.15, -0.1) is 0 Å². The molecule has 4 nitrogen and oxygen atoms in total. The van der Waals surface area contributed by atoms with E-state index in [1.165, 1.54) is 0 Å². The van der Waals surface area contributed by atoms with Gasteiger partial charge in [-0.05, 0) is 11.6 Å². The van der Waals surface area contributed by atoms with E-state index in [1.54, 1.807) is 11.2 Å². The number of nitrogens with zero attached hydrogens (tertiary/aromatic N) is 3. The molecule has 0 unspecified atom stereocenters. The number of nitrogens with one attached hydrogen (secondary N) is 1. The van der Waals surface area contributed by atoms with Gasteiger partial charge < -0.3 is 9.80 Å². The minimum Gasteiger partial charge on any atom is -0.369 e. The summed E-state index contributed by atoms with van der Waals surface area (Å²) in [5.41, 5.74) is 3.91. The zero-order valence-electron chi connectivity index (χ0n) is 13.5. The first-order valence-corrected chi connectivity index (χ1v) is 7.15.